The van der Waals surface area contributed by atoms with E-state index in [9.17, 15) is 9.18 Å². The minimum absolute atomic E-state index is 0.116. The Morgan fingerprint density at radius 1 is 1.40 bits per heavy atom. The van der Waals surface area contributed by atoms with E-state index in [2.05, 4.69) is 31.5 Å². The molecule has 0 saturated heterocycles. The first kappa shape index (κ1) is 14.7. The van der Waals surface area contributed by atoms with Gasteiger partial charge in [-0.3, -0.25) is 4.79 Å². The molecule has 1 amide bonds. The van der Waals surface area contributed by atoms with Gasteiger partial charge in [-0.1, -0.05) is 11.6 Å². The first-order chi connectivity index (χ1) is 9.51. The molecule has 4 nitrogen and oxygen atoms in total. The Hall–Kier alpha value is -1.66. The number of hydrogen-bond acceptors (Lipinski definition) is 3. The number of amides is 1. The third kappa shape index (κ3) is 3.26. The zero-order valence-corrected chi connectivity index (χ0v) is 12.7. The van der Waals surface area contributed by atoms with Gasteiger partial charge < -0.3 is 10.6 Å². The van der Waals surface area contributed by atoms with Crippen molar-refractivity contribution in [1.29, 1.82) is 0 Å². The molecule has 0 bridgehead atoms. The van der Waals surface area contributed by atoms with Gasteiger partial charge in [0.1, 0.15) is 11.6 Å². The maximum atomic E-state index is 13.1. The highest BCUT2D eigenvalue weighted by molar-refractivity contribution is 9.10. The van der Waals surface area contributed by atoms with Gasteiger partial charge in [0.15, 0.2) is 0 Å². The summed E-state index contributed by atoms with van der Waals surface area (Å²) in [6.45, 7) is 0. The standard InChI is InChI=1S/C13H10BrClFN3O/c1-17-11-3-2-7(6-18-11)13(20)19-12-9(14)4-8(16)5-10(12)15/h2-6H,1H3,(H,17,18)(H,19,20). The molecule has 2 rings (SSSR count). The number of nitrogens with one attached hydrogen (secondary N) is 2. The van der Waals surface area contributed by atoms with E-state index in [1.807, 2.05) is 0 Å². The molecule has 20 heavy (non-hydrogen) atoms. The van der Waals surface area contributed by atoms with E-state index in [1.54, 1.807) is 19.2 Å². The van der Waals surface area contributed by atoms with Crippen LogP contribution in [0.1, 0.15) is 10.4 Å². The lowest BCUT2D eigenvalue weighted by atomic mass is 10.2. The van der Waals surface area contributed by atoms with Crippen LogP contribution in [-0.4, -0.2) is 17.9 Å². The number of hydrogen-bond donors (Lipinski definition) is 2. The number of halogens is 3. The summed E-state index contributed by atoms with van der Waals surface area (Å²) in [5, 5.41) is 5.58. The molecule has 0 spiro atoms. The molecule has 0 fully saturated rings. The monoisotopic (exact) mass is 357 g/mol. The van der Waals surface area contributed by atoms with E-state index in [1.165, 1.54) is 12.3 Å². The molecule has 2 aromatic rings. The molecule has 1 heterocycles. The Morgan fingerprint density at radius 2 is 2.15 bits per heavy atom. The van der Waals surface area contributed by atoms with Gasteiger partial charge in [0.05, 0.1) is 16.3 Å². The summed E-state index contributed by atoms with van der Waals surface area (Å²) >= 11 is 9.06. The fourth-order valence-corrected chi connectivity index (χ4v) is 2.42. The van der Waals surface area contributed by atoms with Crippen LogP contribution in [-0.2, 0) is 0 Å². The summed E-state index contributed by atoms with van der Waals surface area (Å²) in [6.07, 6.45) is 1.44. The number of carbonyl (C=O) groups is 1. The number of pyridine rings is 1. The Balaban J connectivity index is 2.23. The van der Waals surface area contributed by atoms with Crippen LogP contribution in [0.15, 0.2) is 34.9 Å². The number of anilines is 2. The Kier molecular flexibility index (Phi) is 4.57. The Bertz CT molecular complexity index is 626. The van der Waals surface area contributed by atoms with E-state index in [-0.39, 0.29) is 10.9 Å². The predicted molar refractivity (Wildman–Crippen MR) is 80.8 cm³/mol. The number of carbonyl (C=O) groups excluding carboxylic acids is 1. The van der Waals surface area contributed by atoms with Crippen molar-refractivity contribution in [2.24, 2.45) is 0 Å². The zero-order chi connectivity index (χ0) is 14.7. The van der Waals surface area contributed by atoms with Crippen molar-refractivity contribution in [3.05, 3.63) is 51.3 Å². The van der Waals surface area contributed by atoms with Crippen LogP contribution >= 0.6 is 27.5 Å². The zero-order valence-electron chi connectivity index (χ0n) is 10.4. The lowest BCUT2D eigenvalue weighted by Gasteiger charge is -2.10. The summed E-state index contributed by atoms with van der Waals surface area (Å²) in [5.74, 6) is -0.211. The van der Waals surface area contributed by atoms with E-state index in [0.717, 1.165) is 6.07 Å². The van der Waals surface area contributed by atoms with E-state index < -0.39 is 5.82 Å². The number of nitrogens with zero attached hydrogens (tertiary/aromatic N) is 1. The molecule has 7 heteroatoms. The molecule has 0 aliphatic carbocycles. The Morgan fingerprint density at radius 3 is 2.70 bits per heavy atom. The molecule has 0 radical (unpaired) electrons. The number of rotatable bonds is 3. The predicted octanol–water partition coefficient (Wildman–Crippen LogP) is 3.93. The molecule has 104 valence electrons. The van der Waals surface area contributed by atoms with Crippen LogP contribution in [0.3, 0.4) is 0 Å². The van der Waals surface area contributed by atoms with Gasteiger partial charge >= 0.3 is 0 Å². The third-order valence-corrected chi connectivity index (χ3v) is 3.45. The topological polar surface area (TPSA) is 54.0 Å². The molecule has 1 aromatic heterocycles. The second-order valence-electron chi connectivity index (χ2n) is 3.88. The van der Waals surface area contributed by atoms with Gasteiger partial charge in [-0.25, -0.2) is 9.37 Å². The maximum Gasteiger partial charge on any atom is 0.257 e. The fraction of sp³-hybridized carbons (Fsp3) is 0.0769. The van der Waals surface area contributed by atoms with Crippen LogP contribution in [0.25, 0.3) is 0 Å². The first-order valence-electron chi connectivity index (χ1n) is 5.61. The fourth-order valence-electron chi connectivity index (χ4n) is 1.52. The lowest BCUT2D eigenvalue weighted by Crippen LogP contribution is -2.13. The molecule has 0 saturated carbocycles. The van der Waals surface area contributed by atoms with E-state index >= 15 is 0 Å². The molecule has 0 aliphatic heterocycles. The van der Waals surface area contributed by atoms with E-state index in [4.69, 9.17) is 11.6 Å². The van der Waals surface area contributed by atoms with Crippen molar-refractivity contribution < 1.29 is 9.18 Å². The summed E-state index contributed by atoms with van der Waals surface area (Å²) in [4.78, 5) is 16.1. The normalized spacial score (nSPS) is 10.2. The van der Waals surface area contributed by atoms with Crippen LogP contribution in [0, 0.1) is 5.82 Å². The Labute approximate surface area is 128 Å². The highest BCUT2D eigenvalue weighted by atomic mass is 79.9. The van der Waals surface area contributed by atoms with Crippen molar-refractivity contribution in [1.82, 2.24) is 4.98 Å². The molecule has 1 aromatic carbocycles. The molecule has 0 aliphatic rings. The smallest absolute Gasteiger partial charge is 0.257 e. The van der Waals surface area contributed by atoms with Crippen molar-refractivity contribution in [2.45, 2.75) is 0 Å². The van der Waals surface area contributed by atoms with Crippen molar-refractivity contribution in [3.8, 4) is 0 Å². The summed E-state index contributed by atoms with van der Waals surface area (Å²) in [7, 11) is 1.73. The lowest BCUT2D eigenvalue weighted by molar-refractivity contribution is 0.102. The molecular weight excluding hydrogens is 349 g/mol. The van der Waals surface area contributed by atoms with Crippen LogP contribution in [0.5, 0.6) is 0 Å². The minimum Gasteiger partial charge on any atom is -0.373 e. The van der Waals surface area contributed by atoms with Gasteiger partial charge in [0.25, 0.3) is 5.91 Å². The van der Waals surface area contributed by atoms with Gasteiger partial charge in [-0.15, -0.1) is 0 Å². The number of benzene rings is 1. The molecule has 0 atom stereocenters. The average Bonchev–Trinajstić information content (AvgIpc) is 2.42. The highest BCUT2D eigenvalue weighted by Gasteiger charge is 2.13. The minimum atomic E-state index is -0.486. The maximum absolute atomic E-state index is 13.1. The van der Waals surface area contributed by atoms with Crippen molar-refractivity contribution in [3.63, 3.8) is 0 Å². The third-order valence-electron chi connectivity index (χ3n) is 2.53. The summed E-state index contributed by atoms with van der Waals surface area (Å²) in [5.41, 5.74) is 0.687. The summed E-state index contributed by atoms with van der Waals surface area (Å²) in [6, 6.07) is 5.66. The van der Waals surface area contributed by atoms with Crippen LogP contribution < -0.4 is 10.6 Å². The SMILES string of the molecule is CNc1ccc(C(=O)Nc2c(Cl)cc(F)cc2Br)cn1. The van der Waals surface area contributed by atoms with Crippen LogP contribution in [0.4, 0.5) is 15.9 Å². The molecule has 2 N–H and O–H groups in total. The largest absolute Gasteiger partial charge is 0.373 e. The van der Waals surface area contributed by atoms with Gasteiger partial charge in [-0.05, 0) is 40.2 Å². The first-order valence-corrected chi connectivity index (χ1v) is 6.78. The highest BCUT2D eigenvalue weighted by Crippen LogP contribution is 2.32. The van der Waals surface area contributed by atoms with E-state index in [0.29, 0.717) is 21.5 Å². The molecule has 0 unspecified atom stereocenters. The van der Waals surface area contributed by atoms with Gasteiger partial charge in [0.2, 0.25) is 0 Å². The quantitative estimate of drug-likeness (QED) is 0.874. The van der Waals surface area contributed by atoms with Crippen molar-refractivity contribution >= 4 is 44.9 Å². The van der Waals surface area contributed by atoms with Gasteiger partial charge in [0, 0.05) is 17.7 Å². The molecular formula is C13H10BrClFN3O. The van der Waals surface area contributed by atoms with Gasteiger partial charge in [-0.2, -0.15) is 0 Å². The summed E-state index contributed by atoms with van der Waals surface area (Å²) < 4.78 is 13.5. The number of aromatic nitrogens is 1. The van der Waals surface area contributed by atoms with Crippen molar-refractivity contribution in [2.75, 3.05) is 17.7 Å². The second-order valence-corrected chi connectivity index (χ2v) is 5.14. The van der Waals surface area contributed by atoms with Crippen LogP contribution in [0.2, 0.25) is 5.02 Å². The average molecular weight is 359 g/mol. The second kappa shape index (κ2) is 6.19.